The Hall–Kier alpha value is -3.90. The molecule has 0 spiro atoms. The second-order valence-electron chi connectivity index (χ2n) is 13.6. The van der Waals surface area contributed by atoms with E-state index < -0.39 is 53.6 Å². The molecule has 3 aliphatic rings. The van der Waals surface area contributed by atoms with E-state index in [-0.39, 0.29) is 41.4 Å². The highest BCUT2D eigenvalue weighted by Gasteiger charge is 2.50. The molecule has 3 fully saturated rings. The number of ketones is 1. The first kappa shape index (κ1) is 35.0. The summed E-state index contributed by atoms with van der Waals surface area (Å²) >= 11 is 0. The number of hydrogen-bond acceptors (Lipinski definition) is 8. The van der Waals surface area contributed by atoms with Gasteiger partial charge in [0, 0.05) is 24.5 Å². The Balaban J connectivity index is 1.52. The first-order valence-corrected chi connectivity index (χ1v) is 16.8. The van der Waals surface area contributed by atoms with Crippen molar-refractivity contribution in [1.82, 2.24) is 36.1 Å². The summed E-state index contributed by atoms with van der Waals surface area (Å²) in [7, 11) is 0. The molecule has 0 radical (unpaired) electrons. The summed E-state index contributed by atoms with van der Waals surface area (Å²) < 4.78 is 0. The molecule has 2 heterocycles. The van der Waals surface area contributed by atoms with Crippen molar-refractivity contribution in [2.24, 2.45) is 17.8 Å². The third-order valence-electron chi connectivity index (χ3n) is 9.25. The molecule has 1 aliphatic heterocycles. The van der Waals surface area contributed by atoms with Crippen molar-refractivity contribution in [1.29, 1.82) is 0 Å². The standard InChI is InChI=1S/C33H49N7O6/c1-6-9-22(28(41)32(45)36-21-12-13-21)37-30(43)25-16-20-10-7-8-11-24(20)40(25)33(46)27(19(4)5)39-31(44)26(18(2)3)38-29(42)23-17-34-14-15-35-23/h14-15,17-22,24-27H,6-13,16H2,1-5H3,(H,36,45)(H,37,43)(H,38,42)(H,39,44)/t20-,22?,24?,25-,26-,27-/m0/s1. The van der Waals surface area contributed by atoms with Crippen LogP contribution in [0.25, 0.3) is 0 Å². The van der Waals surface area contributed by atoms with E-state index in [4.69, 9.17) is 0 Å². The minimum atomic E-state index is -0.985. The maximum atomic E-state index is 14.4. The van der Waals surface area contributed by atoms with Gasteiger partial charge in [-0.15, -0.1) is 0 Å². The van der Waals surface area contributed by atoms with Crippen LogP contribution < -0.4 is 21.3 Å². The third kappa shape index (κ3) is 8.47. The smallest absolute Gasteiger partial charge is 0.289 e. The molecule has 4 rings (SSSR count). The molecule has 6 atom stereocenters. The highest BCUT2D eigenvalue weighted by atomic mass is 16.2. The van der Waals surface area contributed by atoms with Crippen molar-refractivity contribution in [2.45, 2.75) is 129 Å². The number of amides is 5. The number of carbonyl (C=O) groups is 6. The fourth-order valence-corrected chi connectivity index (χ4v) is 6.56. The van der Waals surface area contributed by atoms with Gasteiger partial charge >= 0.3 is 0 Å². The normalized spacial score (nSPS) is 22.8. The molecule has 13 heteroatoms. The van der Waals surface area contributed by atoms with Crippen molar-refractivity contribution < 1.29 is 28.8 Å². The molecule has 0 aromatic carbocycles. The van der Waals surface area contributed by atoms with Gasteiger partial charge < -0.3 is 26.2 Å². The molecule has 46 heavy (non-hydrogen) atoms. The number of nitrogens with one attached hydrogen (secondary N) is 4. The van der Waals surface area contributed by atoms with E-state index in [9.17, 15) is 28.8 Å². The summed E-state index contributed by atoms with van der Waals surface area (Å²) in [6.07, 6.45) is 10.7. The van der Waals surface area contributed by atoms with E-state index in [1.165, 1.54) is 18.6 Å². The number of Topliss-reactive ketones (excluding diaryl/α,β-unsaturated/α-hetero) is 1. The SMILES string of the molecule is CCCC(NC(=O)[C@@H]1C[C@@H]2CCCCC2N1C(=O)[C@@H](NC(=O)[C@@H](NC(=O)c1cnccn1)C(C)C)C(C)C)C(=O)C(=O)NC1CC1. The van der Waals surface area contributed by atoms with Crippen molar-refractivity contribution in [2.75, 3.05) is 0 Å². The van der Waals surface area contributed by atoms with Gasteiger partial charge in [0.2, 0.25) is 23.5 Å². The first-order valence-electron chi connectivity index (χ1n) is 16.8. The molecule has 13 nitrogen and oxygen atoms in total. The molecule has 5 amide bonds. The second kappa shape index (κ2) is 15.6. The maximum absolute atomic E-state index is 14.4. The van der Waals surface area contributed by atoms with E-state index in [0.717, 1.165) is 38.5 Å². The molecule has 1 aromatic heterocycles. The molecule has 0 bridgehead atoms. The average Bonchev–Trinajstić information content (AvgIpc) is 3.77. The van der Waals surface area contributed by atoms with Crippen LogP contribution in [0.4, 0.5) is 0 Å². The lowest BCUT2D eigenvalue weighted by Crippen LogP contribution is -2.61. The largest absolute Gasteiger partial charge is 0.347 e. The Labute approximate surface area is 270 Å². The molecular weight excluding hydrogens is 590 g/mol. The Morgan fingerprint density at radius 2 is 1.59 bits per heavy atom. The van der Waals surface area contributed by atoms with Gasteiger partial charge in [-0.3, -0.25) is 33.8 Å². The molecule has 252 valence electrons. The van der Waals surface area contributed by atoms with Gasteiger partial charge in [-0.2, -0.15) is 0 Å². The van der Waals surface area contributed by atoms with Crippen LogP contribution in [0.5, 0.6) is 0 Å². The fourth-order valence-electron chi connectivity index (χ4n) is 6.56. The maximum Gasteiger partial charge on any atom is 0.289 e. The minimum absolute atomic E-state index is 0.0132. The zero-order valence-corrected chi connectivity index (χ0v) is 27.6. The zero-order chi connectivity index (χ0) is 33.5. The quantitative estimate of drug-likeness (QED) is 0.222. The minimum Gasteiger partial charge on any atom is -0.347 e. The summed E-state index contributed by atoms with van der Waals surface area (Å²) in [6, 6.07) is -3.90. The van der Waals surface area contributed by atoms with E-state index >= 15 is 0 Å². The van der Waals surface area contributed by atoms with Crippen LogP contribution in [0.3, 0.4) is 0 Å². The molecule has 2 unspecified atom stereocenters. The van der Waals surface area contributed by atoms with Gasteiger partial charge in [-0.1, -0.05) is 53.9 Å². The van der Waals surface area contributed by atoms with Crippen LogP contribution >= 0.6 is 0 Å². The van der Waals surface area contributed by atoms with E-state index in [1.807, 2.05) is 20.8 Å². The van der Waals surface area contributed by atoms with Gasteiger partial charge in [-0.05, 0) is 56.3 Å². The lowest BCUT2D eigenvalue weighted by atomic mass is 9.84. The van der Waals surface area contributed by atoms with Crippen LogP contribution in [-0.4, -0.2) is 86.4 Å². The molecule has 2 aliphatic carbocycles. The Morgan fingerprint density at radius 3 is 2.20 bits per heavy atom. The average molecular weight is 640 g/mol. The highest BCUT2D eigenvalue weighted by molar-refractivity contribution is 6.38. The topological polar surface area (TPSA) is 180 Å². The van der Waals surface area contributed by atoms with Gasteiger partial charge in [0.15, 0.2) is 0 Å². The number of aromatic nitrogens is 2. The van der Waals surface area contributed by atoms with Gasteiger partial charge in [0.1, 0.15) is 23.8 Å². The van der Waals surface area contributed by atoms with Crippen molar-refractivity contribution in [3.05, 3.63) is 24.3 Å². The lowest BCUT2D eigenvalue weighted by Gasteiger charge is -2.37. The summed E-state index contributed by atoms with van der Waals surface area (Å²) in [4.78, 5) is 89.9. The van der Waals surface area contributed by atoms with Gasteiger partial charge in [0.05, 0.1) is 12.2 Å². The van der Waals surface area contributed by atoms with Crippen LogP contribution in [0, 0.1) is 17.8 Å². The predicted molar refractivity (Wildman–Crippen MR) is 169 cm³/mol. The second-order valence-corrected chi connectivity index (χ2v) is 13.6. The Bertz CT molecular complexity index is 1280. The van der Waals surface area contributed by atoms with Crippen molar-refractivity contribution in [3.8, 4) is 0 Å². The van der Waals surface area contributed by atoms with E-state index in [1.54, 1.807) is 18.7 Å². The monoisotopic (exact) mass is 639 g/mol. The zero-order valence-electron chi connectivity index (χ0n) is 27.6. The van der Waals surface area contributed by atoms with Crippen LogP contribution in [0.15, 0.2) is 18.6 Å². The molecule has 1 aromatic rings. The molecular formula is C33H49N7O6. The highest BCUT2D eigenvalue weighted by Crippen LogP contribution is 2.40. The van der Waals surface area contributed by atoms with Gasteiger partial charge in [-0.25, -0.2) is 4.98 Å². The number of fused-ring (bicyclic) bond motifs is 1. The van der Waals surface area contributed by atoms with Crippen LogP contribution in [-0.2, 0) is 24.0 Å². The predicted octanol–water partition coefficient (Wildman–Crippen LogP) is 1.66. The number of likely N-dealkylation sites (tertiary alicyclic amines) is 1. The van der Waals surface area contributed by atoms with Crippen LogP contribution in [0.2, 0.25) is 0 Å². The molecule has 2 saturated carbocycles. The van der Waals surface area contributed by atoms with Crippen molar-refractivity contribution >= 4 is 35.3 Å². The summed E-state index contributed by atoms with van der Waals surface area (Å²) in [6.45, 7) is 9.10. The summed E-state index contributed by atoms with van der Waals surface area (Å²) in [5.74, 6) is -3.79. The molecule has 1 saturated heterocycles. The lowest BCUT2D eigenvalue weighted by molar-refractivity contribution is -0.146. The molecule has 4 N–H and O–H groups in total. The number of rotatable bonds is 14. The fraction of sp³-hybridized carbons (Fsp3) is 0.697. The summed E-state index contributed by atoms with van der Waals surface area (Å²) in [5.41, 5.74) is 0.0663. The number of carbonyl (C=O) groups excluding carboxylic acids is 6. The van der Waals surface area contributed by atoms with Crippen LogP contribution in [0.1, 0.15) is 103 Å². The third-order valence-corrected chi connectivity index (χ3v) is 9.25. The Morgan fingerprint density at radius 1 is 0.891 bits per heavy atom. The number of nitrogens with zero attached hydrogens (tertiary/aromatic N) is 3. The first-order chi connectivity index (χ1) is 21.9. The van der Waals surface area contributed by atoms with Gasteiger partial charge in [0.25, 0.3) is 11.8 Å². The summed E-state index contributed by atoms with van der Waals surface area (Å²) in [5, 5.41) is 11.1. The number of hydrogen-bond donors (Lipinski definition) is 4. The van der Waals surface area contributed by atoms with E-state index in [2.05, 4.69) is 31.2 Å². The van der Waals surface area contributed by atoms with Crippen molar-refractivity contribution in [3.63, 3.8) is 0 Å². The Kier molecular flexibility index (Phi) is 11.9. The van der Waals surface area contributed by atoms with E-state index in [0.29, 0.717) is 19.3 Å².